The van der Waals surface area contributed by atoms with Crippen molar-refractivity contribution in [2.24, 2.45) is 5.73 Å². The molecule has 0 aliphatic heterocycles. The van der Waals surface area contributed by atoms with Gasteiger partial charge in [-0.1, -0.05) is 23.8 Å². The van der Waals surface area contributed by atoms with E-state index in [1.165, 1.54) is 5.57 Å². The summed E-state index contributed by atoms with van der Waals surface area (Å²) in [4.78, 5) is 0. The zero-order valence-electron chi connectivity index (χ0n) is 9.66. The molecule has 1 atom stereocenters. The van der Waals surface area contributed by atoms with Crippen LogP contribution < -0.4 is 10.5 Å². The number of allylic oxidation sites excluding steroid dienone is 1. The monoisotopic (exact) mass is 205 g/mol. The Hall–Kier alpha value is -1.28. The van der Waals surface area contributed by atoms with E-state index in [0.29, 0.717) is 6.61 Å². The number of nitrogens with two attached hydrogens (primary N) is 1. The lowest BCUT2D eigenvalue weighted by Gasteiger charge is -2.12. The van der Waals surface area contributed by atoms with Gasteiger partial charge in [-0.05, 0) is 32.9 Å². The maximum absolute atomic E-state index is 5.85. The molecule has 0 aromatic heterocycles. The van der Waals surface area contributed by atoms with Crippen molar-refractivity contribution in [3.63, 3.8) is 0 Å². The van der Waals surface area contributed by atoms with E-state index in [9.17, 15) is 0 Å². The van der Waals surface area contributed by atoms with Gasteiger partial charge in [-0.3, -0.25) is 0 Å². The number of hydrogen-bond donors (Lipinski definition) is 1. The molecule has 0 amide bonds. The standard InChI is InChI=1S/C13H19NO/c1-10(2)8-9-15-13-7-5-4-6-12(13)11(3)14/h4-8,11H,9,14H2,1-3H3. The molecule has 1 aromatic carbocycles. The SMILES string of the molecule is CC(C)=CCOc1ccccc1C(C)N. The van der Waals surface area contributed by atoms with E-state index >= 15 is 0 Å². The van der Waals surface area contributed by atoms with Gasteiger partial charge in [0.25, 0.3) is 0 Å². The van der Waals surface area contributed by atoms with Crippen molar-refractivity contribution in [3.05, 3.63) is 41.5 Å². The van der Waals surface area contributed by atoms with Crippen molar-refractivity contribution in [2.75, 3.05) is 6.61 Å². The first-order chi connectivity index (χ1) is 7.11. The van der Waals surface area contributed by atoms with Crippen LogP contribution in [-0.2, 0) is 0 Å². The van der Waals surface area contributed by atoms with Crippen LogP contribution in [-0.4, -0.2) is 6.61 Å². The Morgan fingerprint density at radius 3 is 2.67 bits per heavy atom. The minimum Gasteiger partial charge on any atom is -0.489 e. The molecular formula is C13H19NO. The first kappa shape index (κ1) is 11.8. The lowest BCUT2D eigenvalue weighted by molar-refractivity contribution is 0.356. The third-order valence-electron chi connectivity index (χ3n) is 2.14. The number of hydrogen-bond acceptors (Lipinski definition) is 2. The largest absolute Gasteiger partial charge is 0.489 e. The van der Waals surface area contributed by atoms with Crippen LogP contribution in [0.1, 0.15) is 32.4 Å². The summed E-state index contributed by atoms with van der Waals surface area (Å²) in [6, 6.07) is 7.91. The Bertz CT molecular complexity index is 338. The molecule has 0 aliphatic rings. The van der Waals surface area contributed by atoms with Gasteiger partial charge in [-0.25, -0.2) is 0 Å². The van der Waals surface area contributed by atoms with Crippen molar-refractivity contribution in [1.82, 2.24) is 0 Å². The molecule has 15 heavy (non-hydrogen) atoms. The van der Waals surface area contributed by atoms with E-state index in [0.717, 1.165) is 11.3 Å². The minimum atomic E-state index is 0.00732. The van der Waals surface area contributed by atoms with Gasteiger partial charge in [-0.2, -0.15) is 0 Å². The van der Waals surface area contributed by atoms with Crippen LogP contribution in [0.3, 0.4) is 0 Å². The maximum atomic E-state index is 5.85. The quantitative estimate of drug-likeness (QED) is 0.767. The molecule has 2 nitrogen and oxygen atoms in total. The lowest BCUT2D eigenvalue weighted by atomic mass is 10.1. The molecular weight excluding hydrogens is 186 g/mol. The number of para-hydroxylation sites is 1. The second kappa shape index (κ2) is 5.56. The number of rotatable bonds is 4. The van der Waals surface area contributed by atoms with Crippen LogP contribution in [0, 0.1) is 0 Å². The normalized spacial score (nSPS) is 12.0. The second-order valence-corrected chi connectivity index (χ2v) is 3.92. The van der Waals surface area contributed by atoms with Gasteiger partial charge in [0.1, 0.15) is 12.4 Å². The molecule has 1 aromatic rings. The van der Waals surface area contributed by atoms with E-state index < -0.39 is 0 Å². The van der Waals surface area contributed by atoms with Gasteiger partial charge in [0, 0.05) is 11.6 Å². The van der Waals surface area contributed by atoms with Crippen LogP contribution >= 0.6 is 0 Å². The summed E-state index contributed by atoms with van der Waals surface area (Å²) in [6.07, 6.45) is 2.05. The van der Waals surface area contributed by atoms with Crippen molar-refractivity contribution < 1.29 is 4.74 Å². The highest BCUT2D eigenvalue weighted by Gasteiger charge is 2.05. The van der Waals surface area contributed by atoms with E-state index in [2.05, 4.69) is 19.9 Å². The van der Waals surface area contributed by atoms with Gasteiger partial charge in [0.2, 0.25) is 0 Å². The summed E-state index contributed by atoms with van der Waals surface area (Å²) < 4.78 is 5.65. The minimum absolute atomic E-state index is 0.00732. The van der Waals surface area contributed by atoms with Crippen LogP contribution in [0.15, 0.2) is 35.9 Å². The average Bonchev–Trinajstić information content (AvgIpc) is 2.17. The average molecular weight is 205 g/mol. The molecule has 1 rings (SSSR count). The van der Waals surface area contributed by atoms with E-state index in [4.69, 9.17) is 10.5 Å². The zero-order chi connectivity index (χ0) is 11.3. The first-order valence-electron chi connectivity index (χ1n) is 5.22. The van der Waals surface area contributed by atoms with Crippen molar-refractivity contribution in [2.45, 2.75) is 26.8 Å². The van der Waals surface area contributed by atoms with Crippen molar-refractivity contribution in [1.29, 1.82) is 0 Å². The lowest BCUT2D eigenvalue weighted by Crippen LogP contribution is -2.07. The van der Waals surface area contributed by atoms with Crippen molar-refractivity contribution in [3.8, 4) is 5.75 Å². The Morgan fingerprint density at radius 1 is 1.40 bits per heavy atom. The van der Waals surface area contributed by atoms with E-state index in [1.54, 1.807) is 0 Å². The molecule has 82 valence electrons. The summed E-state index contributed by atoms with van der Waals surface area (Å²) in [7, 11) is 0. The summed E-state index contributed by atoms with van der Waals surface area (Å²) in [5.74, 6) is 0.880. The molecule has 0 fully saturated rings. The molecule has 0 saturated heterocycles. The fraction of sp³-hybridized carbons (Fsp3) is 0.385. The molecule has 0 spiro atoms. The van der Waals surface area contributed by atoms with Crippen LogP contribution in [0.2, 0.25) is 0 Å². The topological polar surface area (TPSA) is 35.2 Å². The van der Waals surface area contributed by atoms with E-state index in [-0.39, 0.29) is 6.04 Å². The fourth-order valence-electron chi connectivity index (χ4n) is 1.29. The molecule has 2 heteroatoms. The Labute approximate surface area is 91.7 Å². The third-order valence-corrected chi connectivity index (χ3v) is 2.14. The molecule has 0 radical (unpaired) electrons. The highest BCUT2D eigenvalue weighted by Crippen LogP contribution is 2.23. The number of ether oxygens (including phenoxy) is 1. The highest BCUT2D eigenvalue weighted by molar-refractivity contribution is 5.35. The fourth-order valence-corrected chi connectivity index (χ4v) is 1.29. The summed E-state index contributed by atoms with van der Waals surface area (Å²) >= 11 is 0. The molecule has 0 heterocycles. The molecule has 0 saturated carbocycles. The molecule has 1 unspecified atom stereocenters. The zero-order valence-corrected chi connectivity index (χ0v) is 9.66. The predicted molar refractivity (Wildman–Crippen MR) is 64.0 cm³/mol. The molecule has 0 bridgehead atoms. The van der Waals surface area contributed by atoms with Gasteiger partial charge in [0.05, 0.1) is 0 Å². The van der Waals surface area contributed by atoms with Crippen LogP contribution in [0.5, 0.6) is 5.75 Å². The van der Waals surface area contributed by atoms with E-state index in [1.807, 2.05) is 31.2 Å². The van der Waals surface area contributed by atoms with Crippen LogP contribution in [0.25, 0.3) is 0 Å². The Balaban J connectivity index is 2.72. The Kier molecular flexibility index (Phi) is 4.37. The smallest absolute Gasteiger partial charge is 0.124 e. The number of benzene rings is 1. The summed E-state index contributed by atoms with van der Waals surface area (Å²) in [5, 5.41) is 0. The first-order valence-corrected chi connectivity index (χ1v) is 5.22. The highest BCUT2D eigenvalue weighted by atomic mass is 16.5. The van der Waals surface area contributed by atoms with Crippen LogP contribution in [0.4, 0.5) is 0 Å². The second-order valence-electron chi connectivity index (χ2n) is 3.92. The summed E-state index contributed by atoms with van der Waals surface area (Å²) in [5.41, 5.74) is 8.16. The molecule has 0 aliphatic carbocycles. The third kappa shape index (κ3) is 3.76. The van der Waals surface area contributed by atoms with Gasteiger partial charge >= 0.3 is 0 Å². The molecule has 2 N–H and O–H groups in total. The van der Waals surface area contributed by atoms with Gasteiger partial charge in [0.15, 0.2) is 0 Å². The van der Waals surface area contributed by atoms with Crippen molar-refractivity contribution >= 4 is 0 Å². The predicted octanol–water partition coefficient (Wildman–Crippen LogP) is 3.05. The summed E-state index contributed by atoms with van der Waals surface area (Å²) in [6.45, 7) is 6.68. The van der Waals surface area contributed by atoms with Gasteiger partial charge < -0.3 is 10.5 Å². The maximum Gasteiger partial charge on any atom is 0.124 e. The Morgan fingerprint density at radius 2 is 2.07 bits per heavy atom. The van der Waals surface area contributed by atoms with Gasteiger partial charge in [-0.15, -0.1) is 0 Å².